The highest BCUT2D eigenvalue weighted by Gasteiger charge is 2.30. The standard InChI is InChI=1S/C26H20N4/c1-30-24-13-7-6-12-23(24)29-26(30)25-18-9-3-5-11-21(18)27-16-19(25)22-15-14-17-8-2-4-10-20(17)28-22/h2-16,25,27H,1H3/t25-/m1/s1. The first-order valence-corrected chi connectivity index (χ1v) is 10.1. The molecular weight excluding hydrogens is 368 g/mol. The lowest BCUT2D eigenvalue weighted by Gasteiger charge is -2.27. The lowest BCUT2D eigenvalue weighted by molar-refractivity contribution is 0.799. The first-order chi connectivity index (χ1) is 14.8. The van der Waals surface area contributed by atoms with Crippen LogP contribution >= 0.6 is 0 Å². The normalized spacial score (nSPS) is 15.6. The molecular formula is C26H20N4. The van der Waals surface area contributed by atoms with Gasteiger partial charge >= 0.3 is 0 Å². The second-order valence-electron chi connectivity index (χ2n) is 7.67. The Morgan fingerprint density at radius 1 is 0.767 bits per heavy atom. The Balaban J connectivity index is 1.59. The predicted molar refractivity (Wildman–Crippen MR) is 122 cm³/mol. The lowest BCUT2D eigenvalue weighted by atomic mass is 9.85. The monoisotopic (exact) mass is 388 g/mol. The van der Waals surface area contributed by atoms with Gasteiger partial charge in [0.25, 0.3) is 0 Å². The zero-order valence-corrected chi connectivity index (χ0v) is 16.6. The molecule has 0 radical (unpaired) electrons. The molecule has 4 nitrogen and oxygen atoms in total. The molecule has 2 aromatic heterocycles. The van der Waals surface area contributed by atoms with Gasteiger partial charge in [0.2, 0.25) is 0 Å². The maximum absolute atomic E-state index is 5.04. The first kappa shape index (κ1) is 17.0. The topological polar surface area (TPSA) is 42.7 Å². The summed E-state index contributed by atoms with van der Waals surface area (Å²) >= 11 is 0. The molecule has 0 spiro atoms. The van der Waals surface area contributed by atoms with Gasteiger partial charge in [-0.3, -0.25) is 0 Å². The molecule has 0 fully saturated rings. The van der Waals surface area contributed by atoms with E-state index in [1.54, 1.807) is 0 Å². The average Bonchev–Trinajstić information content (AvgIpc) is 3.14. The van der Waals surface area contributed by atoms with Crippen LogP contribution in [0.2, 0.25) is 0 Å². The molecule has 0 unspecified atom stereocenters. The van der Waals surface area contributed by atoms with Crippen molar-refractivity contribution in [3.05, 3.63) is 108 Å². The Morgan fingerprint density at radius 2 is 1.53 bits per heavy atom. The fourth-order valence-electron chi connectivity index (χ4n) is 4.44. The van der Waals surface area contributed by atoms with Crippen molar-refractivity contribution in [1.82, 2.24) is 14.5 Å². The van der Waals surface area contributed by atoms with E-state index in [0.717, 1.165) is 44.7 Å². The van der Waals surface area contributed by atoms with Gasteiger partial charge in [0.05, 0.1) is 28.2 Å². The molecule has 0 amide bonds. The number of rotatable bonds is 2. The summed E-state index contributed by atoms with van der Waals surface area (Å²) in [5.41, 5.74) is 7.55. The van der Waals surface area contributed by atoms with E-state index >= 15 is 0 Å². The quantitative estimate of drug-likeness (QED) is 0.421. The molecule has 4 heteroatoms. The third-order valence-electron chi connectivity index (χ3n) is 5.94. The van der Waals surface area contributed by atoms with E-state index in [2.05, 4.69) is 89.9 Å². The van der Waals surface area contributed by atoms with Crippen molar-refractivity contribution in [3.63, 3.8) is 0 Å². The highest BCUT2D eigenvalue weighted by atomic mass is 15.1. The SMILES string of the molecule is Cn1c([C@H]2C(c3ccc4ccccc4n3)=CNc3ccccc32)nc2ccccc21. The van der Waals surface area contributed by atoms with Crippen molar-refractivity contribution in [2.45, 2.75) is 5.92 Å². The maximum atomic E-state index is 5.04. The zero-order chi connectivity index (χ0) is 20.1. The Bertz CT molecular complexity index is 1440. The summed E-state index contributed by atoms with van der Waals surface area (Å²) in [6, 6.07) is 29.2. The van der Waals surface area contributed by atoms with Gasteiger partial charge in [0.1, 0.15) is 5.82 Å². The summed E-state index contributed by atoms with van der Waals surface area (Å²) in [5, 5.41) is 4.62. The number of pyridine rings is 1. The zero-order valence-electron chi connectivity index (χ0n) is 16.6. The van der Waals surface area contributed by atoms with Crippen molar-refractivity contribution in [1.29, 1.82) is 0 Å². The summed E-state index contributed by atoms with van der Waals surface area (Å²) < 4.78 is 2.21. The van der Waals surface area contributed by atoms with Crippen LogP contribution in [0.1, 0.15) is 23.0 Å². The molecule has 0 saturated heterocycles. The Morgan fingerprint density at radius 3 is 2.43 bits per heavy atom. The van der Waals surface area contributed by atoms with Crippen molar-refractivity contribution in [2.24, 2.45) is 7.05 Å². The number of nitrogens with zero attached hydrogens (tertiary/aromatic N) is 3. The molecule has 3 aromatic carbocycles. The molecule has 3 heterocycles. The highest BCUT2D eigenvalue weighted by molar-refractivity contribution is 5.86. The number of allylic oxidation sites excluding steroid dienone is 1. The fraction of sp³-hybridized carbons (Fsp3) is 0.0769. The molecule has 1 aliphatic rings. The van der Waals surface area contributed by atoms with Gasteiger partial charge in [0, 0.05) is 29.9 Å². The van der Waals surface area contributed by atoms with Crippen LogP contribution in [-0.2, 0) is 7.05 Å². The molecule has 0 bridgehead atoms. The van der Waals surface area contributed by atoms with Crippen LogP contribution in [0.3, 0.4) is 0 Å². The summed E-state index contributed by atoms with van der Waals surface area (Å²) in [6.07, 6.45) is 2.09. The van der Waals surface area contributed by atoms with Gasteiger partial charge in [-0.15, -0.1) is 0 Å². The third-order valence-corrected chi connectivity index (χ3v) is 5.94. The van der Waals surface area contributed by atoms with E-state index in [1.165, 1.54) is 5.56 Å². The van der Waals surface area contributed by atoms with Crippen LogP contribution in [0.25, 0.3) is 27.5 Å². The Hall–Kier alpha value is -3.92. The molecule has 1 atom stereocenters. The maximum Gasteiger partial charge on any atom is 0.121 e. The molecule has 30 heavy (non-hydrogen) atoms. The highest BCUT2D eigenvalue weighted by Crippen LogP contribution is 2.43. The summed E-state index contributed by atoms with van der Waals surface area (Å²) in [6.45, 7) is 0. The Kier molecular flexibility index (Phi) is 3.71. The van der Waals surface area contributed by atoms with Crippen molar-refractivity contribution >= 4 is 33.2 Å². The van der Waals surface area contributed by atoms with E-state index < -0.39 is 0 Å². The number of aromatic nitrogens is 3. The number of para-hydroxylation sites is 4. The molecule has 1 aliphatic heterocycles. The number of fused-ring (bicyclic) bond motifs is 3. The second-order valence-corrected chi connectivity index (χ2v) is 7.67. The largest absolute Gasteiger partial charge is 0.361 e. The summed E-state index contributed by atoms with van der Waals surface area (Å²) in [5.74, 6) is 1.01. The number of benzene rings is 3. The minimum Gasteiger partial charge on any atom is -0.361 e. The van der Waals surface area contributed by atoms with Crippen LogP contribution < -0.4 is 5.32 Å². The second kappa shape index (κ2) is 6.56. The fourth-order valence-corrected chi connectivity index (χ4v) is 4.44. The predicted octanol–water partition coefficient (Wildman–Crippen LogP) is 5.72. The molecule has 5 aromatic rings. The number of hydrogen-bond acceptors (Lipinski definition) is 3. The first-order valence-electron chi connectivity index (χ1n) is 10.1. The average molecular weight is 388 g/mol. The van der Waals surface area contributed by atoms with E-state index in [4.69, 9.17) is 9.97 Å². The van der Waals surface area contributed by atoms with Crippen molar-refractivity contribution < 1.29 is 0 Å². The number of anilines is 1. The summed E-state index contributed by atoms with van der Waals surface area (Å²) in [7, 11) is 2.10. The molecule has 1 N–H and O–H groups in total. The minimum atomic E-state index is -0.00601. The molecule has 144 valence electrons. The third kappa shape index (κ3) is 2.54. The molecule has 6 rings (SSSR count). The Labute approximate surface area is 174 Å². The number of hydrogen-bond donors (Lipinski definition) is 1. The van der Waals surface area contributed by atoms with Crippen molar-refractivity contribution in [2.75, 3.05) is 5.32 Å². The van der Waals surface area contributed by atoms with Gasteiger partial charge < -0.3 is 9.88 Å². The van der Waals surface area contributed by atoms with Gasteiger partial charge in [-0.2, -0.15) is 0 Å². The molecule has 0 aliphatic carbocycles. The number of imidazole rings is 1. The van der Waals surface area contributed by atoms with Gasteiger partial charge in [-0.25, -0.2) is 9.97 Å². The van der Waals surface area contributed by atoms with Gasteiger partial charge in [0.15, 0.2) is 0 Å². The van der Waals surface area contributed by atoms with Gasteiger partial charge in [-0.05, 0) is 35.9 Å². The van der Waals surface area contributed by atoms with Gasteiger partial charge in [-0.1, -0.05) is 54.6 Å². The van der Waals surface area contributed by atoms with E-state index in [9.17, 15) is 0 Å². The van der Waals surface area contributed by atoms with Crippen LogP contribution in [-0.4, -0.2) is 14.5 Å². The van der Waals surface area contributed by atoms with Crippen LogP contribution in [0.5, 0.6) is 0 Å². The number of aryl methyl sites for hydroxylation is 1. The lowest BCUT2D eigenvalue weighted by Crippen LogP contribution is -2.17. The van der Waals surface area contributed by atoms with E-state index in [0.29, 0.717) is 0 Å². The summed E-state index contributed by atoms with van der Waals surface area (Å²) in [4.78, 5) is 10.0. The van der Waals surface area contributed by atoms with Crippen LogP contribution in [0.4, 0.5) is 5.69 Å². The van der Waals surface area contributed by atoms with E-state index in [-0.39, 0.29) is 5.92 Å². The van der Waals surface area contributed by atoms with Crippen LogP contribution in [0, 0.1) is 0 Å². The van der Waals surface area contributed by atoms with Crippen LogP contribution in [0.15, 0.2) is 91.1 Å². The smallest absolute Gasteiger partial charge is 0.121 e. The minimum absolute atomic E-state index is 0.00601. The van der Waals surface area contributed by atoms with E-state index in [1.807, 2.05) is 18.2 Å². The van der Waals surface area contributed by atoms with Crippen molar-refractivity contribution in [3.8, 4) is 0 Å². The number of nitrogens with one attached hydrogen (secondary N) is 1. The molecule has 0 saturated carbocycles.